The van der Waals surface area contributed by atoms with Crippen molar-refractivity contribution in [2.45, 2.75) is 58.0 Å². The molecule has 1 heterocycles. The van der Waals surface area contributed by atoms with Crippen LogP contribution in [0.1, 0.15) is 65.2 Å². The van der Waals surface area contributed by atoms with Crippen molar-refractivity contribution in [1.29, 1.82) is 0 Å². The van der Waals surface area contributed by atoms with Crippen LogP contribution in [0.3, 0.4) is 0 Å². The summed E-state index contributed by atoms with van der Waals surface area (Å²) in [6.45, 7) is 4.01. The third-order valence-corrected chi connectivity index (χ3v) is 8.02. The van der Waals surface area contributed by atoms with E-state index in [2.05, 4.69) is 18.0 Å². The molecule has 0 bridgehead atoms. The number of ether oxygens (including phenoxy) is 3. The molecule has 4 N–H and O–H groups in total. The lowest BCUT2D eigenvalue weighted by atomic mass is 9.77. The average Bonchev–Trinajstić information content (AvgIpc) is 3.37. The minimum Gasteiger partial charge on any atom is -0.493 e. The number of hydrogen-bond acceptors (Lipinski definition) is 5. The third kappa shape index (κ3) is 5.02. The first-order chi connectivity index (χ1) is 19.4. The van der Waals surface area contributed by atoms with E-state index in [4.69, 9.17) is 19.9 Å². The lowest BCUT2D eigenvalue weighted by molar-refractivity contribution is 0.0992. The van der Waals surface area contributed by atoms with Gasteiger partial charge in [-0.05, 0) is 84.7 Å². The molecule has 0 fully saturated rings. The lowest BCUT2D eigenvalue weighted by Gasteiger charge is -2.31. The summed E-state index contributed by atoms with van der Waals surface area (Å²) in [5.74, 6) is 0.915. The number of benzene rings is 3. The van der Waals surface area contributed by atoms with Crippen molar-refractivity contribution in [2.75, 3.05) is 20.8 Å². The number of carbonyl (C=O) groups is 1. The maximum atomic E-state index is 13.0. The molecule has 4 aromatic rings. The number of H-pyrrole nitrogens is 1. The smallest absolute Gasteiger partial charge is 0.252 e. The predicted octanol–water partition coefficient (Wildman–Crippen LogP) is 5.94. The number of carbonyl (C=O) groups excluding carboxylic acids is 1. The molecule has 1 aliphatic rings. The van der Waals surface area contributed by atoms with Gasteiger partial charge >= 0.3 is 0 Å². The van der Waals surface area contributed by atoms with Gasteiger partial charge in [-0.25, -0.2) is 0 Å². The molecule has 1 aromatic heterocycles. The van der Waals surface area contributed by atoms with E-state index >= 15 is 0 Å². The molecule has 1 amide bonds. The number of aryl methyl sites for hydroxylation is 1. The highest BCUT2D eigenvalue weighted by atomic mass is 16.5. The van der Waals surface area contributed by atoms with Gasteiger partial charge in [-0.15, -0.1) is 0 Å². The molecule has 0 radical (unpaired) electrons. The van der Waals surface area contributed by atoms with Crippen molar-refractivity contribution < 1.29 is 24.1 Å². The Bertz CT molecular complexity index is 1540. The molecule has 0 saturated heterocycles. The van der Waals surface area contributed by atoms with Crippen LogP contribution in [0.15, 0.2) is 48.7 Å². The van der Waals surface area contributed by atoms with Crippen LogP contribution in [-0.4, -0.2) is 42.9 Å². The minimum absolute atomic E-state index is 0.106. The van der Waals surface area contributed by atoms with E-state index in [0.29, 0.717) is 29.2 Å². The SMILES string of the molecule is CCCC(C)Oc1c(C(N)=O)cc2c(c1[C@H](CO)Cc1c[nH]c3ccccc13)CCc1cc(OC)c(OC)cc1-2. The number of nitrogens with one attached hydrogen (secondary N) is 1. The molecule has 2 atom stereocenters. The lowest BCUT2D eigenvalue weighted by Crippen LogP contribution is -2.23. The van der Waals surface area contributed by atoms with E-state index in [0.717, 1.165) is 70.0 Å². The Morgan fingerprint density at radius 3 is 2.52 bits per heavy atom. The first kappa shape index (κ1) is 27.6. The Balaban J connectivity index is 1.74. The summed E-state index contributed by atoms with van der Waals surface area (Å²) in [7, 11) is 3.24. The molecule has 40 heavy (non-hydrogen) atoms. The number of methoxy groups -OCH3 is 2. The number of aromatic amines is 1. The predicted molar refractivity (Wildman–Crippen MR) is 158 cm³/mol. The van der Waals surface area contributed by atoms with E-state index in [1.54, 1.807) is 14.2 Å². The number of para-hydroxylation sites is 1. The number of hydrogen-bond donors (Lipinski definition) is 3. The number of aromatic nitrogens is 1. The molecule has 210 valence electrons. The summed E-state index contributed by atoms with van der Waals surface area (Å²) in [5.41, 5.74) is 13.4. The number of nitrogens with two attached hydrogens (primary N) is 1. The Hall–Kier alpha value is -3.97. The third-order valence-electron chi connectivity index (χ3n) is 8.02. The molecular formula is C33H38N2O5. The van der Waals surface area contributed by atoms with Crippen LogP contribution in [0, 0.1) is 0 Å². The number of rotatable bonds is 11. The Labute approximate surface area is 235 Å². The second-order valence-corrected chi connectivity index (χ2v) is 10.6. The van der Waals surface area contributed by atoms with Gasteiger partial charge in [-0.2, -0.15) is 0 Å². The van der Waals surface area contributed by atoms with Crippen LogP contribution in [0.25, 0.3) is 22.0 Å². The topological polar surface area (TPSA) is 107 Å². The molecule has 0 spiro atoms. The number of primary amides is 1. The van der Waals surface area contributed by atoms with Crippen molar-refractivity contribution in [2.24, 2.45) is 5.73 Å². The highest BCUT2D eigenvalue weighted by Gasteiger charge is 2.32. The van der Waals surface area contributed by atoms with Crippen LogP contribution in [0.4, 0.5) is 0 Å². The molecule has 1 aliphatic carbocycles. The van der Waals surface area contributed by atoms with E-state index in [-0.39, 0.29) is 18.6 Å². The minimum atomic E-state index is -0.556. The van der Waals surface area contributed by atoms with Crippen molar-refractivity contribution in [3.63, 3.8) is 0 Å². The Kier molecular flexibility index (Phi) is 8.03. The van der Waals surface area contributed by atoms with Crippen LogP contribution in [-0.2, 0) is 19.3 Å². The highest BCUT2D eigenvalue weighted by molar-refractivity contribution is 5.99. The Morgan fingerprint density at radius 1 is 1.07 bits per heavy atom. The number of fused-ring (bicyclic) bond motifs is 4. The van der Waals surface area contributed by atoms with Gasteiger partial charge in [0.2, 0.25) is 0 Å². The number of amides is 1. The quantitative estimate of drug-likeness (QED) is 0.218. The van der Waals surface area contributed by atoms with Gasteiger partial charge in [-0.3, -0.25) is 4.79 Å². The van der Waals surface area contributed by atoms with Crippen molar-refractivity contribution >= 4 is 16.8 Å². The van der Waals surface area contributed by atoms with Crippen molar-refractivity contribution in [3.8, 4) is 28.4 Å². The maximum Gasteiger partial charge on any atom is 0.252 e. The zero-order valence-electron chi connectivity index (χ0n) is 23.7. The van der Waals surface area contributed by atoms with Crippen LogP contribution in [0.5, 0.6) is 17.2 Å². The van der Waals surface area contributed by atoms with Crippen LogP contribution < -0.4 is 19.9 Å². The van der Waals surface area contributed by atoms with E-state index in [1.165, 1.54) is 0 Å². The van der Waals surface area contributed by atoms with Crippen molar-refractivity contribution in [3.05, 3.63) is 76.5 Å². The summed E-state index contributed by atoms with van der Waals surface area (Å²) in [6, 6.07) is 14.0. The number of aliphatic hydroxyl groups excluding tert-OH is 1. The van der Waals surface area contributed by atoms with Gasteiger partial charge in [0.25, 0.3) is 5.91 Å². The summed E-state index contributed by atoms with van der Waals surface area (Å²) < 4.78 is 17.7. The van der Waals surface area contributed by atoms with Gasteiger partial charge in [0.05, 0.1) is 32.5 Å². The fourth-order valence-corrected chi connectivity index (χ4v) is 6.10. The monoisotopic (exact) mass is 542 g/mol. The molecular weight excluding hydrogens is 504 g/mol. The zero-order valence-corrected chi connectivity index (χ0v) is 23.7. The molecule has 0 aliphatic heterocycles. The van der Waals surface area contributed by atoms with Crippen LogP contribution in [0.2, 0.25) is 0 Å². The van der Waals surface area contributed by atoms with E-state index < -0.39 is 5.91 Å². The summed E-state index contributed by atoms with van der Waals surface area (Å²) >= 11 is 0. The molecule has 7 heteroatoms. The second-order valence-electron chi connectivity index (χ2n) is 10.6. The molecule has 5 rings (SSSR count). The first-order valence-corrected chi connectivity index (χ1v) is 14.0. The number of aliphatic hydroxyl groups is 1. The highest BCUT2D eigenvalue weighted by Crippen LogP contribution is 2.47. The van der Waals surface area contributed by atoms with Gasteiger partial charge in [-0.1, -0.05) is 31.5 Å². The largest absolute Gasteiger partial charge is 0.493 e. The zero-order chi connectivity index (χ0) is 28.4. The fraction of sp³-hybridized carbons (Fsp3) is 0.364. The summed E-state index contributed by atoms with van der Waals surface area (Å²) in [4.78, 5) is 16.3. The normalized spacial score (nSPS) is 13.8. The standard InChI is InChI=1S/C33H38N2O5/c1-5-8-19(2)40-32-27(33(34)37)15-26-24(12-11-20-14-29(38-3)30(39-4)16-25(20)26)31(32)22(18-36)13-21-17-35-28-10-7-6-9-23(21)28/h6-7,9-10,14-17,19,22,35-36H,5,8,11-13,18H2,1-4H3,(H2,34,37)/t19?,22-/m0/s1. The Morgan fingerprint density at radius 2 is 1.82 bits per heavy atom. The van der Waals surface area contributed by atoms with E-state index in [1.807, 2.05) is 49.5 Å². The molecule has 7 nitrogen and oxygen atoms in total. The van der Waals surface area contributed by atoms with Gasteiger partial charge < -0.3 is 30.0 Å². The van der Waals surface area contributed by atoms with Gasteiger partial charge in [0.1, 0.15) is 5.75 Å². The van der Waals surface area contributed by atoms with E-state index in [9.17, 15) is 9.90 Å². The average molecular weight is 543 g/mol. The summed E-state index contributed by atoms with van der Waals surface area (Å²) in [6.07, 6.45) is 5.75. The van der Waals surface area contributed by atoms with Gasteiger partial charge in [0, 0.05) is 28.6 Å². The first-order valence-electron chi connectivity index (χ1n) is 14.0. The molecule has 0 saturated carbocycles. The maximum absolute atomic E-state index is 13.0. The summed E-state index contributed by atoms with van der Waals surface area (Å²) in [5, 5.41) is 12.0. The molecule has 3 aromatic carbocycles. The van der Waals surface area contributed by atoms with Crippen molar-refractivity contribution in [1.82, 2.24) is 4.98 Å². The van der Waals surface area contributed by atoms with Crippen LogP contribution >= 0.6 is 0 Å². The second kappa shape index (κ2) is 11.6. The fourth-order valence-electron chi connectivity index (χ4n) is 6.10. The van der Waals surface area contributed by atoms with Gasteiger partial charge in [0.15, 0.2) is 11.5 Å². The molecule has 1 unspecified atom stereocenters.